The average Bonchev–Trinajstić information content (AvgIpc) is 3.00. The van der Waals surface area contributed by atoms with Gasteiger partial charge in [-0.2, -0.15) is 0 Å². The number of rotatable bonds is 4. The molecule has 15 heavy (non-hydrogen) atoms. The Morgan fingerprint density at radius 2 is 2.40 bits per heavy atom. The van der Waals surface area contributed by atoms with E-state index in [2.05, 4.69) is 26.2 Å². The molecule has 0 atom stereocenters. The van der Waals surface area contributed by atoms with Gasteiger partial charge in [0, 0.05) is 12.7 Å². The third-order valence-electron chi connectivity index (χ3n) is 2.35. The SMILES string of the molecule is O=C(O)c1cc(NCC2CC2)ncc1Br. The lowest BCUT2D eigenvalue weighted by atomic mass is 10.2. The molecule has 0 spiro atoms. The molecular weight excluding hydrogens is 260 g/mol. The number of aromatic carboxylic acids is 1. The highest BCUT2D eigenvalue weighted by atomic mass is 79.9. The molecule has 4 nitrogen and oxygen atoms in total. The zero-order valence-electron chi connectivity index (χ0n) is 8.03. The van der Waals surface area contributed by atoms with Crippen molar-refractivity contribution >= 4 is 27.7 Å². The molecule has 5 heteroatoms. The van der Waals surface area contributed by atoms with Gasteiger partial charge in [-0.15, -0.1) is 0 Å². The fourth-order valence-electron chi connectivity index (χ4n) is 1.27. The lowest BCUT2D eigenvalue weighted by Gasteiger charge is -2.05. The maximum absolute atomic E-state index is 10.8. The summed E-state index contributed by atoms with van der Waals surface area (Å²) >= 11 is 3.15. The molecule has 1 fully saturated rings. The Labute approximate surface area is 95.8 Å². The van der Waals surface area contributed by atoms with Gasteiger partial charge in [-0.05, 0) is 40.8 Å². The Kier molecular flexibility index (Phi) is 2.90. The number of carbonyl (C=O) groups is 1. The fraction of sp³-hybridized carbons (Fsp3) is 0.400. The van der Waals surface area contributed by atoms with Crippen molar-refractivity contribution in [2.24, 2.45) is 5.92 Å². The van der Waals surface area contributed by atoms with Crippen LogP contribution in [0, 0.1) is 5.92 Å². The Morgan fingerprint density at radius 3 is 3.00 bits per heavy atom. The van der Waals surface area contributed by atoms with Crippen molar-refractivity contribution in [3.8, 4) is 0 Å². The molecule has 1 aliphatic carbocycles. The van der Waals surface area contributed by atoms with E-state index in [0.717, 1.165) is 12.5 Å². The summed E-state index contributed by atoms with van der Waals surface area (Å²) in [6.07, 6.45) is 4.03. The first-order valence-corrected chi connectivity index (χ1v) is 5.59. The van der Waals surface area contributed by atoms with Gasteiger partial charge >= 0.3 is 5.97 Å². The Morgan fingerprint density at radius 1 is 1.67 bits per heavy atom. The van der Waals surface area contributed by atoms with Gasteiger partial charge in [0.25, 0.3) is 0 Å². The van der Waals surface area contributed by atoms with E-state index in [1.165, 1.54) is 19.0 Å². The summed E-state index contributed by atoms with van der Waals surface area (Å²) in [5.41, 5.74) is 0.239. The predicted octanol–water partition coefficient (Wildman–Crippen LogP) is 2.36. The van der Waals surface area contributed by atoms with E-state index in [1.54, 1.807) is 6.07 Å². The molecule has 80 valence electrons. The Hall–Kier alpha value is -1.10. The predicted molar refractivity (Wildman–Crippen MR) is 60.1 cm³/mol. The van der Waals surface area contributed by atoms with Crippen LogP contribution in [0.3, 0.4) is 0 Å². The molecule has 0 aliphatic heterocycles. The van der Waals surface area contributed by atoms with Crippen LogP contribution in [0.1, 0.15) is 23.2 Å². The van der Waals surface area contributed by atoms with E-state index in [-0.39, 0.29) is 5.56 Å². The highest BCUT2D eigenvalue weighted by molar-refractivity contribution is 9.10. The largest absolute Gasteiger partial charge is 0.478 e. The molecule has 0 radical (unpaired) electrons. The second kappa shape index (κ2) is 4.18. The van der Waals surface area contributed by atoms with E-state index in [4.69, 9.17) is 5.11 Å². The van der Waals surface area contributed by atoms with Crippen molar-refractivity contribution in [2.45, 2.75) is 12.8 Å². The van der Waals surface area contributed by atoms with E-state index < -0.39 is 5.97 Å². The molecule has 1 heterocycles. The van der Waals surface area contributed by atoms with Crippen LogP contribution in [0.4, 0.5) is 5.82 Å². The van der Waals surface area contributed by atoms with Crippen LogP contribution >= 0.6 is 15.9 Å². The van der Waals surface area contributed by atoms with Gasteiger partial charge in [0.1, 0.15) is 5.82 Å². The Balaban J connectivity index is 2.10. The maximum Gasteiger partial charge on any atom is 0.337 e. The minimum Gasteiger partial charge on any atom is -0.478 e. The first-order chi connectivity index (χ1) is 7.16. The molecule has 0 unspecified atom stereocenters. The number of carboxylic acids is 1. The summed E-state index contributed by atoms with van der Waals surface area (Å²) in [4.78, 5) is 14.9. The normalized spacial score (nSPS) is 15.0. The first-order valence-electron chi connectivity index (χ1n) is 4.79. The van der Waals surface area contributed by atoms with Crippen LogP contribution in [-0.4, -0.2) is 22.6 Å². The zero-order chi connectivity index (χ0) is 10.8. The minimum absolute atomic E-state index is 0.239. The molecule has 1 aliphatic rings. The van der Waals surface area contributed by atoms with Crippen LogP contribution in [0.15, 0.2) is 16.7 Å². The number of anilines is 1. The summed E-state index contributed by atoms with van der Waals surface area (Å²) in [6.45, 7) is 0.883. The topological polar surface area (TPSA) is 62.2 Å². The van der Waals surface area contributed by atoms with Crippen molar-refractivity contribution in [3.63, 3.8) is 0 Å². The molecule has 0 amide bonds. The first kappa shape index (κ1) is 10.4. The number of hydrogen-bond donors (Lipinski definition) is 2. The quantitative estimate of drug-likeness (QED) is 0.882. The fourth-order valence-corrected chi connectivity index (χ4v) is 1.66. The van der Waals surface area contributed by atoms with Crippen molar-refractivity contribution in [1.82, 2.24) is 4.98 Å². The highest BCUT2D eigenvalue weighted by Gasteiger charge is 2.21. The molecular formula is C10H11BrN2O2. The summed E-state index contributed by atoms with van der Waals surface area (Å²) < 4.78 is 0.506. The van der Waals surface area contributed by atoms with Gasteiger partial charge in [-0.1, -0.05) is 0 Å². The second-order valence-corrected chi connectivity index (χ2v) is 4.53. The Bertz CT molecular complexity index is 391. The van der Waals surface area contributed by atoms with Gasteiger partial charge in [-0.25, -0.2) is 9.78 Å². The van der Waals surface area contributed by atoms with Crippen molar-refractivity contribution in [1.29, 1.82) is 0 Å². The number of halogens is 1. The zero-order valence-corrected chi connectivity index (χ0v) is 9.62. The lowest BCUT2D eigenvalue weighted by molar-refractivity contribution is 0.0696. The molecule has 0 aromatic carbocycles. The summed E-state index contributed by atoms with van der Waals surface area (Å²) in [5, 5.41) is 12.0. The number of nitrogens with one attached hydrogen (secondary N) is 1. The van der Waals surface area contributed by atoms with Crippen LogP contribution in [0.25, 0.3) is 0 Å². The third-order valence-corrected chi connectivity index (χ3v) is 2.99. The minimum atomic E-state index is -0.946. The van der Waals surface area contributed by atoms with Crippen molar-refractivity contribution in [3.05, 3.63) is 22.3 Å². The van der Waals surface area contributed by atoms with Crippen LogP contribution in [0.5, 0.6) is 0 Å². The molecule has 0 saturated heterocycles. The molecule has 1 aromatic rings. The van der Waals surface area contributed by atoms with E-state index in [1.807, 2.05) is 0 Å². The smallest absolute Gasteiger partial charge is 0.337 e. The second-order valence-electron chi connectivity index (χ2n) is 3.68. The maximum atomic E-state index is 10.8. The standard InChI is InChI=1S/C10H11BrN2O2/c11-8-5-13-9(3-7(8)10(14)15)12-4-6-1-2-6/h3,5-6H,1-2,4H2,(H,12,13)(H,14,15). The van der Waals surface area contributed by atoms with Crippen LogP contribution < -0.4 is 5.32 Å². The van der Waals surface area contributed by atoms with Gasteiger partial charge in [0.15, 0.2) is 0 Å². The summed E-state index contributed by atoms with van der Waals surface area (Å²) in [7, 11) is 0. The molecule has 1 aromatic heterocycles. The van der Waals surface area contributed by atoms with Gasteiger partial charge in [0.05, 0.1) is 10.0 Å². The van der Waals surface area contributed by atoms with Gasteiger partial charge in [0.2, 0.25) is 0 Å². The average molecular weight is 271 g/mol. The van der Waals surface area contributed by atoms with Gasteiger partial charge in [-0.3, -0.25) is 0 Å². The third kappa shape index (κ3) is 2.68. The molecule has 0 bridgehead atoms. The lowest BCUT2D eigenvalue weighted by Crippen LogP contribution is -2.07. The van der Waals surface area contributed by atoms with E-state index >= 15 is 0 Å². The van der Waals surface area contributed by atoms with Crippen molar-refractivity contribution < 1.29 is 9.90 Å². The van der Waals surface area contributed by atoms with E-state index in [9.17, 15) is 4.79 Å². The van der Waals surface area contributed by atoms with Gasteiger partial charge < -0.3 is 10.4 Å². The molecule has 2 N–H and O–H groups in total. The molecule has 1 saturated carbocycles. The highest BCUT2D eigenvalue weighted by Crippen LogP contribution is 2.29. The number of aromatic nitrogens is 1. The number of hydrogen-bond acceptors (Lipinski definition) is 3. The van der Waals surface area contributed by atoms with Crippen LogP contribution in [0.2, 0.25) is 0 Å². The summed E-state index contributed by atoms with van der Waals surface area (Å²) in [5.74, 6) is 0.421. The monoisotopic (exact) mass is 270 g/mol. The molecule has 2 rings (SSSR count). The number of pyridine rings is 1. The number of nitrogens with zero attached hydrogens (tertiary/aromatic N) is 1. The van der Waals surface area contributed by atoms with Crippen LogP contribution in [-0.2, 0) is 0 Å². The van der Waals surface area contributed by atoms with E-state index in [0.29, 0.717) is 10.3 Å². The number of carboxylic acid groups (broad SMARTS) is 1. The van der Waals surface area contributed by atoms with Crippen molar-refractivity contribution in [2.75, 3.05) is 11.9 Å². The summed E-state index contributed by atoms with van der Waals surface area (Å²) in [6, 6.07) is 1.55.